The number of carboxylic acids is 1. The molecule has 0 bridgehead atoms. The molecule has 32 heavy (non-hydrogen) atoms. The molecule has 168 valence electrons. The van der Waals surface area contributed by atoms with E-state index in [1.54, 1.807) is 0 Å². The van der Waals surface area contributed by atoms with Gasteiger partial charge in [-0.3, -0.25) is 4.90 Å². The molecule has 2 aromatic rings. The van der Waals surface area contributed by atoms with E-state index in [1.165, 1.54) is 54.3 Å². The monoisotopic (exact) mass is 448 g/mol. The van der Waals surface area contributed by atoms with Gasteiger partial charge in [0.05, 0.1) is 36.4 Å². The number of halogens is 3. The molecule has 0 spiro atoms. The first-order valence-corrected chi connectivity index (χ1v) is 9.40. The molecule has 2 amide bonds. The number of carbonyl (C=O) groups is 3. The Morgan fingerprint density at radius 2 is 1.75 bits per heavy atom. The predicted octanol–water partition coefficient (Wildman–Crippen LogP) is 4.12. The van der Waals surface area contributed by atoms with Crippen molar-refractivity contribution >= 4 is 18.0 Å². The van der Waals surface area contributed by atoms with E-state index in [4.69, 9.17) is 9.84 Å². The second kappa shape index (κ2) is 8.74. The molecule has 1 atom stereocenters. The predicted molar refractivity (Wildman–Crippen MR) is 106 cm³/mol. The van der Waals surface area contributed by atoms with E-state index < -0.39 is 35.8 Å². The fourth-order valence-corrected chi connectivity index (χ4v) is 3.52. The Kier molecular flexibility index (Phi) is 6.24. The molecule has 1 aliphatic rings. The maximum atomic E-state index is 13.6. The summed E-state index contributed by atoms with van der Waals surface area (Å²) in [7, 11) is 1.10. The van der Waals surface area contributed by atoms with Crippen LogP contribution in [0.15, 0.2) is 59.8 Å². The molecule has 0 saturated heterocycles. The minimum absolute atomic E-state index is 0.0360. The van der Waals surface area contributed by atoms with Crippen LogP contribution in [0.3, 0.4) is 0 Å². The second-order valence-electron chi connectivity index (χ2n) is 7.05. The minimum atomic E-state index is -4.69. The van der Waals surface area contributed by atoms with E-state index in [-0.39, 0.29) is 28.9 Å². The smallest absolute Gasteiger partial charge is 0.416 e. The van der Waals surface area contributed by atoms with E-state index in [0.29, 0.717) is 5.56 Å². The summed E-state index contributed by atoms with van der Waals surface area (Å²) in [6, 6.07) is 8.35. The van der Waals surface area contributed by atoms with Crippen molar-refractivity contribution in [1.82, 2.24) is 10.2 Å². The second-order valence-corrected chi connectivity index (χ2v) is 7.05. The molecule has 3 rings (SSSR count). The van der Waals surface area contributed by atoms with Gasteiger partial charge in [-0.05, 0) is 36.2 Å². The van der Waals surface area contributed by atoms with Gasteiger partial charge in [0.2, 0.25) is 0 Å². The lowest BCUT2D eigenvalue weighted by molar-refractivity contribution is -0.140. The average Bonchev–Trinajstić information content (AvgIpc) is 2.75. The Balaban J connectivity index is 2.05. The van der Waals surface area contributed by atoms with Crippen molar-refractivity contribution in [2.45, 2.75) is 25.7 Å². The quantitative estimate of drug-likeness (QED) is 0.671. The van der Waals surface area contributed by atoms with Gasteiger partial charge in [-0.25, -0.2) is 14.4 Å². The number of ether oxygens (including phenoxy) is 1. The summed E-state index contributed by atoms with van der Waals surface area (Å²) in [6.07, 6.45) is -4.69. The first kappa shape index (κ1) is 22.9. The van der Waals surface area contributed by atoms with Gasteiger partial charge >= 0.3 is 24.1 Å². The van der Waals surface area contributed by atoms with Crippen LogP contribution in [-0.2, 0) is 22.3 Å². The molecule has 0 aliphatic carbocycles. The summed E-state index contributed by atoms with van der Waals surface area (Å²) >= 11 is 0. The first-order valence-electron chi connectivity index (χ1n) is 9.40. The summed E-state index contributed by atoms with van der Waals surface area (Å²) in [4.78, 5) is 37.6. The van der Waals surface area contributed by atoms with E-state index in [0.717, 1.165) is 13.2 Å². The zero-order valence-corrected chi connectivity index (χ0v) is 17.1. The molecule has 7 nitrogen and oxygen atoms in total. The average molecular weight is 448 g/mol. The number of esters is 1. The lowest BCUT2D eigenvalue weighted by atomic mass is 9.91. The number of methoxy groups -OCH3 is 1. The molecule has 10 heteroatoms. The summed E-state index contributed by atoms with van der Waals surface area (Å²) in [5, 5.41) is 11.5. The highest BCUT2D eigenvalue weighted by atomic mass is 19.4. The number of carboxylic acid groups (broad SMARTS) is 1. The van der Waals surface area contributed by atoms with Gasteiger partial charge in [0.15, 0.2) is 0 Å². The number of allylic oxidation sites excluding steroid dienone is 1. The maximum absolute atomic E-state index is 13.6. The highest BCUT2D eigenvalue weighted by Gasteiger charge is 2.41. The van der Waals surface area contributed by atoms with Crippen molar-refractivity contribution in [2.75, 3.05) is 7.11 Å². The molecule has 2 N–H and O–H groups in total. The molecule has 1 heterocycles. The number of alkyl halides is 3. The molecule has 0 aromatic heterocycles. The number of hydrogen-bond donors (Lipinski definition) is 2. The number of rotatable bonds is 5. The van der Waals surface area contributed by atoms with Gasteiger partial charge in [-0.2, -0.15) is 13.2 Å². The van der Waals surface area contributed by atoms with E-state index in [2.05, 4.69) is 5.32 Å². The minimum Gasteiger partial charge on any atom is -0.478 e. The molecule has 2 aromatic carbocycles. The summed E-state index contributed by atoms with van der Waals surface area (Å²) < 4.78 is 45.5. The van der Waals surface area contributed by atoms with Gasteiger partial charge in [-0.1, -0.05) is 30.3 Å². The Morgan fingerprint density at radius 3 is 2.31 bits per heavy atom. The number of amides is 2. The third-order valence-corrected chi connectivity index (χ3v) is 5.12. The largest absolute Gasteiger partial charge is 0.478 e. The lowest BCUT2D eigenvalue weighted by Gasteiger charge is -2.36. The zero-order valence-electron chi connectivity index (χ0n) is 17.1. The van der Waals surface area contributed by atoms with Gasteiger partial charge < -0.3 is 15.2 Å². The standard InChI is InChI=1S/C22H19F3N2O5/c1-12-17(20(30)32-2)18(15-5-3-4-6-16(15)22(23,24)25)26-21(31)27(12)11-13-7-9-14(10-8-13)19(28)29/h3-10,18H,11H2,1-2H3,(H,26,31)(H,28,29). The maximum Gasteiger partial charge on any atom is 0.416 e. The third-order valence-electron chi connectivity index (χ3n) is 5.12. The molecule has 1 aliphatic heterocycles. The molecule has 0 fully saturated rings. The molecule has 0 saturated carbocycles. The summed E-state index contributed by atoms with van der Waals surface area (Å²) in [6.45, 7) is 1.41. The van der Waals surface area contributed by atoms with Crippen LogP contribution in [0.2, 0.25) is 0 Å². The van der Waals surface area contributed by atoms with Crippen LogP contribution in [0, 0.1) is 0 Å². The van der Waals surface area contributed by atoms with Crippen molar-refractivity contribution in [3.8, 4) is 0 Å². The SMILES string of the molecule is COC(=O)C1=C(C)N(Cc2ccc(C(=O)O)cc2)C(=O)NC1c1ccccc1C(F)(F)F. The normalized spacial score (nSPS) is 16.6. The van der Waals surface area contributed by atoms with Crippen molar-refractivity contribution < 1.29 is 37.4 Å². The number of aromatic carboxylic acids is 1. The third kappa shape index (κ3) is 4.43. The number of nitrogens with zero attached hydrogens (tertiary/aromatic N) is 1. The number of hydrogen-bond acceptors (Lipinski definition) is 4. The molecule has 1 unspecified atom stereocenters. The Morgan fingerprint density at radius 1 is 1.12 bits per heavy atom. The van der Waals surface area contributed by atoms with Crippen LogP contribution < -0.4 is 5.32 Å². The van der Waals surface area contributed by atoms with Crippen LogP contribution in [0.1, 0.15) is 40.0 Å². The van der Waals surface area contributed by atoms with Gasteiger partial charge in [0.1, 0.15) is 0 Å². The topological polar surface area (TPSA) is 95.9 Å². The Hall–Kier alpha value is -3.82. The van der Waals surface area contributed by atoms with Gasteiger partial charge in [0, 0.05) is 5.70 Å². The fraction of sp³-hybridized carbons (Fsp3) is 0.227. The first-order chi connectivity index (χ1) is 15.0. The highest BCUT2D eigenvalue weighted by Crippen LogP contribution is 2.39. The van der Waals surface area contributed by atoms with Crippen molar-refractivity contribution in [2.24, 2.45) is 0 Å². The zero-order chi connectivity index (χ0) is 23.6. The lowest BCUT2D eigenvalue weighted by Crippen LogP contribution is -2.48. The molecule has 0 radical (unpaired) electrons. The summed E-state index contributed by atoms with van der Waals surface area (Å²) in [5.74, 6) is -1.99. The summed E-state index contributed by atoms with van der Waals surface area (Å²) in [5.41, 5.74) is -0.641. The number of urea groups is 1. The highest BCUT2D eigenvalue weighted by molar-refractivity contribution is 5.95. The van der Waals surface area contributed by atoms with Crippen molar-refractivity contribution in [3.63, 3.8) is 0 Å². The van der Waals surface area contributed by atoms with Crippen LogP contribution in [0.5, 0.6) is 0 Å². The Bertz CT molecular complexity index is 1090. The number of benzene rings is 2. The fourth-order valence-electron chi connectivity index (χ4n) is 3.52. The van der Waals surface area contributed by atoms with Crippen LogP contribution in [0.4, 0.5) is 18.0 Å². The number of nitrogens with one attached hydrogen (secondary N) is 1. The van der Waals surface area contributed by atoms with Gasteiger partial charge in [0.25, 0.3) is 0 Å². The molecular weight excluding hydrogens is 429 g/mol. The van der Waals surface area contributed by atoms with Crippen molar-refractivity contribution in [1.29, 1.82) is 0 Å². The van der Waals surface area contributed by atoms with E-state index in [9.17, 15) is 27.6 Å². The van der Waals surface area contributed by atoms with Gasteiger partial charge in [-0.15, -0.1) is 0 Å². The van der Waals surface area contributed by atoms with Crippen LogP contribution in [-0.4, -0.2) is 35.1 Å². The van der Waals surface area contributed by atoms with Crippen LogP contribution in [0.25, 0.3) is 0 Å². The number of carbonyl (C=O) groups excluding carboxylic acids is 2. The van der Waals surface area contributed by atoms with E-state index in [1.807, 2.05) is 0 Å². The van der Waals surface area contributed by atoms with Crippen LogP contribution >= 0.6 is 0 Å². The van der Waals surface area contributed by atoms with E-state index >= 15 is 0 Å². The Labute approximate surface area is 181 Å². The molecular formula is C22H19F3N2O5. The van der Waals surface area contributed by atoms with Crippen molar-refractivity contribution in [3.05, 3.63) is 82.1 Å².